The first kappa shape index (κ1) is 16.8. The molecule has 0 aromatic heterocycles. The molecule has 11 heteroatoms. The Bertz CT molecular complexity index is 522. The maximum atomic E-state index is 11.4. The van der Waals surface area contributed by atoms with Gasteiger partial charge in [0.15, 0.2) is 0 Å². The SMILES string of the molecule is CS(=O)(=O)CCS(=O)(=O)NC(CC(N)=O)C(=O)O. The second kappa shape index (κ2) is 6.11. The molecule has 106 valence electrons. The summed E-state index contributed by atoms with van der Waals surface area (Å²) < 4.78 is 46.1. The van der Waals surface area contributed by atoms with E-state index in [1.54, 1.807) is 4.72 Å². The first-order valence-electron chi connectivity index (χ1n) is 4.62. The van der Waals surface area contributed by atoms with Crippen molar-refractivity contribution in [2.24, 2.45) is 5.73 Å². The minimum absolute atomic E-state index is 0.648. The minimum atomic E-state index is -4.12. The monoisotopic (exact) mass is 302 g/mol. The minimum Gasteiger partial charge on any atom is -0.480 e. The number of carbonyl (C=O) groups is 2. The number of aliphatic carboxylic acids is 1. The quantitative estimate of drug-likeness (QED) is 0.439. The van der Waals surface area contributed by atoms with Crippen molar-refractivity contribution < 1.29 is 31.5 Å². The average molecular weight is 302 g/mol. The van der Waals surface area contributed by atoms with Crippen LogP contribution in [0.4, 0.5) is 0 Å². The van der Waals surface area contributed by atoms with E-state index >= 15 is 0 Å². The van der Waals surface area contributed by atoms with Gasteiger partial charge in [-0.1, -0.05) is 0 Å². The van der Waals surface area contributed by atoms with E-state index in [1.165, 1.54) is 0 Å². The Morgan fingerprint density at radius 1 is 1.22 bits per heavy atom. The summed E-state index contributed by atoms with van der Waals surface area (Å²) in [7, 11) is -7.62. The molecular weight excluding hydrogens is 288 g/mol. The highest BCUT2D eigenvalue weighted by atomic mass is 32.2. The summed E-state index contributed by atoms with van der Waals surface area (Å²) in [5.41, 5.74) is 4.76. The number of carbonyl (C=O) groups excluding carboxylic acids is 1. The second-order valence-corrected chi connectivity index (χ2v) is 7.76. The molecule has 0 aliphatic heterocycles. The molecule has 1 atom stereocenters. The van der Waals surface area contributed by atoms with Crippen LogP contribution in [-0.2, 0) is 29.4 Å². The highest BCUT2D eigenvalue weighted by Gasteiger charge is 2.26. The number of primary amides is 1. The summed E-state index contributed by atoms with van der Waals surface area (Å²) >= 11 is 0. The first-order chi connectivity index (χ1) is 7.93. The standard InChI is InChI=1S/C7H14N2O7S2/c1-17(13,14)2-3-18(15,16)9-5(7(11)12)4-6(8)10/h5,9H,2-4H2,1H3,(H2,8,10)(H,11,12). The van der Waals surface area contributed by atoms with E-state index < -0.39 is 55.7 Å². The van der Waals surface area contributed by atoms with Crippen LogP contribution in [0.15, 0.2) is 0 Å². The third-order valence-corrected chi connectivity index (χ3v) is 4.34. The Kier molecular flexibility index (Phi) is 5.70. The highest BCUT2D eigenvalue weighted by Crippen LogP contribution is 1.97. The maximum Gasteiger partial charge on any atom is 0.322 e. The first-order valence-corrected chi connectivity index (χ1v) is 8.33. The van der Waals surface area contributed by atoms with Crippen LogP contribution < -0.4 is 10.5 Å². The van der Waals surface area contributed by atoms with Gasteiger partial charge in [-0.05, 0) is 0 Å². The molecule has 0 bridgehead atoms. The zero-order valence-corrected chi connectivity index (χ0v) is 11.1. The molecule has 9 nitrogen and oxygen atoms in total. The number of carboxylic acids is 1. The van der Waals surface area contributed by atoms with Crippen LogP contribution in [0.3, 0.4) is 0 Å². The summed E-state index contributed by atoms with van der Waals surface area (Å²) in [4.78, 5) is 21.2. The smallest absolute Gasteiger partial charge is 0.322 e. The Hall–Kier alpha value is -1.20. The van der Waals surface area contributed by atoms with Crippen LogP contribution in [0.1, 0.15) is 6.42 Å². The van der Waals surface area contributed by atoms with E-state index in [2.05, 4.69) is 0 Å². The summed E-state index contributed by atoms with van der Waals surface area (Å²) in [6.07, 6.45) is 0.133. The highest BCUT2D eigenvalue weighted by molar-refractivity contribution is 7.93. The normalized spacial score (nSPS) is 14.1. The molecule has 0 spiro atoms. The Labute approximate surface area is 104 Å². The third-order valence-electron chi connectivity index (χ3n) is 1.75. The van der Waals surface area contributed by atoms with Gasteiger partial charge in [0, 0.05) is 6.26 Å². The number of hydrogen-bond donors (Lipinski definition) is 3. The van der Waals surface area contributed by atoms with Crippen molar-refractivity contribution in [3.05, 3.63) is 0 Å². The molecule has 0 saturated carbocycles. The van der Waals surface area contributed by atoms with Crippen LogP contribution in [0, 0.1) is 0 Å². The number of sulfone groups is 1. The lowest BCUT2D eigenvalue weighted by Gasteiger charge is -2.12. The van der Waals surface area contributed by atoms with Crippen LogP contribution in [0.5, 0.6) is 0 Å². The van der Waals surface area contributed by atoms with E-state index in [-0.39, 0.29) is 0 Å². The fourth-order valence-electron chi connectivity index (χ4n) is 0.917. The van der Waals surface area contributed by atoms with Crippen molar-refractivity contribution in [2.45, 2.75) is 12.5 Å². The number of nitrogens with two attached hydrogens (primary N) is 1. The van der Waals surface area contributed by atoms with E-state index in [1.807, 2.05) is 0 Å². The average Bonchev–Trinajstić information content (AvgIpc) is 2.11. The summed E-state index contributed by atoms with van der Waals surface area (Å²) in [6, 6.07) is -1.70. The molecule has 0 aromatic carbocycles. The van der Waals surface area contributed by atoms with E-state index in [9.17, 15) is 26.4 Å². The molecule has 0 saturated heterocycles. The number of carboxylic acid groups (broad SMARTS) is 1. The summed E-state index contributed by atoms with van der Waals surface area (Å²) in [5, 5.41) is 8.66. The predicted molar refractivity (Wildman–Crippen MR) is 61.9 cm³/mol. The Balaban J connectivity index is 4.72. The molecule has 18 heavy (non-hydrogen) atoms. The van der Waals surface area contributed by atoms with Crippen LogP contribution >= 0.6 is 0 Å². The van der Waals surface area contributed by atoms with Crippen LogP contribution in [-0.4, -0.2) is 57.6 Å². The van der Waals surface area contributed by atoms with Crippen molar-refractivity contribution in [1.82, 2.24) is 4.72 Å². The molecule has 0 aliphatic rings. The van der Waals surface area contributed by atoms with Crippen molar-refractivity contribution >= 4 is 31.7 Å². The Morgan fingerprint density at radius 3 is 2.06 bits per heavy atom. The van der Waals surface area contributed by atoms with Gasteiger partial charge >= 0.3 is 5.97 Å². The lowest BCUT2D eigenvalue weighted by atomic mass is 10.2. The van der Waals surface area contributed by atoms with Crippen molar-refractivity contribution in [3.8, 4) is 0 Å². The molecule has 1 amide bonds. The molecule has 0 radical (unpaired) electrons. The molecule has 0 rings (SSSR count). The zero-order valence-electron chi connectivity index (χ0n) is 9.49. The molecule has 0 aliphatic carbocycles. The molecule has 0 aromatic rings. The van der Waals surface area contributed by atoms with Crippen LogP contribution in [0.2, 0.25) is 0 Å². The number of rotatable bonds is 8. The van der Waals surface area contributed by atoms with E-state index in [4.69, 9.17) is 10.8 Å². The van der Waals surface area contributed by atoms with Gasteiger partial charge in [0.1, 0.15) is 15.9 Å². The molecule has 0 fully saturated rings. The predicted octanol–water partition coefficient (Wildman–Crippen LogP) is -2.72. The van der Waals surface area contributed by atoms with Crippen molar-refractivity contribution in [3.63, 3.8) is 0 Å². The molecular formula is C7H14N2O7S2. The number of hydrogen-bond acceptors (Lipinski definition) is 6. The Morgan fingerprint density at radius 2 is 1.72 bits per heavy atom. The number of amides is 1. The zero-order chi connectivity index (χ0) is 14.6. The fraction of sp³-hybridized carbons (Fsp3) is 0.714. The lowest BCUT2D eigenvalue weighted by molar-refractivity contribution is -0.140. The van der Waals surface area contributed by atoms with Gasteiger partial charge in [-0.2, -0.15) is 0 Å². The molecule has 1 unspecified atom stereocenters. The van der Waals surface area contributed by atoms with Gasteiger partial charge in [-0.25, -0.2) is 21.6 Å². The maximum absolute atomic E-state index is 11.4. The van der Waals surface area contributed by atoms with Gasteiger partial charge in [0.2, 0.25) is 15.9 Å². The summed E-state index contributed by atoms with van der Waals surface area (Å²) in [6.45, 7) is 0. The van der Waals surface area contributed by atoms with Crippen molar-refractivity contribution in [2.75, 3.05) is 17.8 Å². The number of sulfonamides is 1. The van der Waals surface area contributed by atoms with E-state index in [0.717, 1.165) is 6.26 Å². The topological polar surface area (TPSA) is 161 Å². The number of nitrogens with one attached hydrogen (secondary N) is 1. The second-order valence-electron chi connectivity index (χ2n) is 3.63. The van der Waals surface area contributed by atoms with E-state index in [0.29, 0.717) is 0 Å². The van der Waals surface area contributed by atoms with Gasteiger partial charge in [-0.3, -0.25) is 9.59 Å². The van der Waals surface area contributed by atoms with Gasteiger partial charge in [0.05, 0.1) is 17.9 Å². The van der Waals surface area contributed by atoms with Gasteiger partial charge in [-0.15, -0.1) is 0 Å². The van der Waals surface area contributed by atoms with Gasteiger partial charge in [0.25, 0.3) is 0 Å². The van der Waals surface area contributed by atoms with Gasteiger partial charge < -0.3 is 10.8 Å². The lowest BCUT2D eigenvalue weighted by Crippen LogP contribution is -2.44. The largest absolute Gasteiger partial charge is 0.480 e. The molecule has 4 N–H and O–H groups in total. The van der Waals surface area contributed by atoms with Crippen molar-refractivity contribution in [1.29, 1.82) is 0 Å². The third kappa shape index (κ3) is 7.97. The molecule has 0 heterocycles. The fourth-order valence-corrected chi connectivity index (χ4v) is 3.74. The summed E-state index contributed by atoms with van der Waals surface area (Å²) in [5.74, 6) is -4.00. The van der Waals surface area contributed by atoms with Crippen LogP contribution in [0.25, 0.3) is 0 Å².